The van der Waals surface area contributed by atoms with Gasteiger partial charge in [0.1, 0.15) is 18.4 Å². The van der Waals surface area contributed by atoms with Crippen molar-refractivity contribution in [2.45, 2.75) is 109 Å². The van der Waals surface area contributed by atoms with Crippen LogP contribution in [0, 0.1) is 46.3 Å². The van der Waals surface area contributed by atoms with Crippen molar-refractivity contribution in [3.8, 4) is 0 Å². The highest BCUT2D eigenvalue weighted by Crippen LogP contribution is 2.68. The van der Waals surface area contributed by atoms with E-state index in [-0.39, 0.29) is 59.2 Å². The maximum Gasteiger partial charge on any atom is 0.267 e. The fourth-order valence-corrected chi connectivity index (χ4v) is 11.1. The summed E-state index contributed by atoms with van der Waals surface area (Å²) >= 11 is 0. The second kappa shape index (κ2) is 13.1. The lowest BCUT2D eigenvalue weighted by Crippen LogP contribution is -2.62. The van der Waals surface area contributed by atoms with E-state index in [1.54, 1.807) is 0 Å². The predicted octanol–water partition coefficient (Wildman–Crippen LogP) is 2.20. The molecule has 0 aromatic heterocycles. The number of aliphatic hydroxyl groups excluding tert-OH is 4. The van der Waals surface area contributed by atoms with Crippen LogP contribution in [0.1, 0.15) is 85.0 Å². The van der Waals surface area contributed by atoms with Crippen molar-refractivity contribution >= 4 is 16.0 Å². The molecule has 4 fully saturated rings. The van der Waals surface area contributed by atoms with Crippen molar-refractivity contribution in [3.05, 3.63) is 0 Å². The van der Waals surface area contributed by atoms with Gasteiger partial charge < -0.3 is 30.2 Å². The molecule has 43 heavy (non-hydrogen) atoms. The van der Waals surface area contributed by atoms with Gasteiger partial charge in [-0.25, -0.2) is 0 Å². The molecule has 0 saturated heterocycles. The Morgan fingerprint density at radius 2 is 1.74 bits per heavy atom. The van der Waals surface area contributed by atoms with E-state index in [9.17, 15) is 33.6 Å². The van der Waals surface area contributed by atoms with Crippen LogP contribution in [0.5, 0.6) is 0 Å². The normalized spacial score (nSPS) is 41.1. The summed E-state index contributed by atoms with van der Waals surface area (Å²) in [6, 6.07) is 0. The van der Waals surface area contributed by atoms with Gasteiger partial charge in [-0.15, -0.1) is 0 Å². The van der Waals surface area contributed by atoms with Crippen molar-refractivity contribution in [2.24, 2.45) is 46.3 Å². The van der Waals surface area contributed by atoms with Crippen LogP contribution in [-0.2, 0) is 14.9 Å². The predicted molar refractivity (Wildman–Crippen MR) is 164 cm³/mol. The molecule has 250 valence electrons. The molecule has 0 aromatic carbocycles. The molecular formula is C32H59N2O8S+. The van der Waals surface area contributed by atoms with Crippen LogP contribution in [0.3, 0.4) is 0 Å². The Balaban J connectivity index is 1.27. The van der Waals surface area contributed by atoms with Gasteiger partial charge in [0, 0.05) is 19.4 Å². The number of rotatable bonds is 12. The first-order valence-electron chi connectivity index (χ1n) is 16.6. The molecule has 0 aromatic rings. The maximum absolute atomic E-state index is 12.7. The molecule has 4 aliphatic carbocycles. The Bertz CT molecular complexity index is 1090. The Kier molecular flexibility index (Phi) is 10.7. The van der Waals surface area contributed by atoms with E-state index in [1.807, 2.05) is 14.1 Å². The van der Waals surface area contributed by atoms with Crippen molar-refractivity contribution in [1.29, 1.82) is 0 Å². The number of quaternary nitrogens is 1. The third-order valence-corrected chi connectivity index (χ3v) is 13.5. The van der Waals surface area contributed by atoms with Gasteiger partial charge in [-0.2, -0.15) is 8.42 Å². The van der Waals surface area contributed by atoms with E-state index in [0.29, 0.717) is 48.7 Å². The van der Waals surface area contributed by atoms with Crippen LogP contribution in [0.25, 0.3) is 0 Å². The topological polar surface area (TPSA) is 164 Å². The third kappa shape index (κ3) is 7.60. The number of carbonyl (C=O) groups excluding carboxylic acids is 1. The lowest BCUT2D eigenvalue weighted by Gasteiger charge is -2.63. The summed E-state index contributed by atoms with van der Waals surface area (Å²) in [5, 5.41) is 46.5. The van der Waals surface area contributed by atoms with Crippen molar-refractivity contribution in [3.63, 3.8) is 0 Å². The fourth-order valence-electron chi connectivity index (χ4n) is 10.5. The number of nitrogens with one attached hydrogen (secondary N) is 1. The Morgan fingerprint density at radius 3 is 2.42 bits per heavy atom. The number of hydrogen-bond donors (Lipinski definition) is 6. The molecule has 0 heterocycles. The summed E-state index contributed by atoms with van der Waals surface area (Å²) in [7, 11) is -0.484. The van der Waals surface area contributed by atoms with Crippen molar-refractivity contribution in [2.75, 3.05) is 39.5 Å². The average molecular weight is 632 g/mol. The van der Waals surface area contributed by atoms with Gasteiger partial charge in [0.25, 0.3) is 10.1 Å². The number of fused-ring (bicyclic) bond motifs is 5. The van der Waals surface area contributed by atoms with Gasteiger partial charge in [0.05, 0.1) is 39.0 Å². The van der Waals surface area contributed by atoms with Crippen LogP contribution in [0.4, 0.5) is 0 Å². The molecule has 1 unspecified atom stereocenters. The van der Waals surface area contributed by atoms with Gasteiger partial charge >= 0.3 is 0 Å². The van der Waals surface area contributed by atoms with E-state index in [1.165, 1.54) is 0 Å². The second-order valence-corrected chi connectivity index (χ2v) is 17.5. The van der Waals surface area contributed by atoms with Gasteiger partial charge in [0.15, 0.2) is 0 Å². The summed E-state index contributed by atoms with van der Waals surface area (Å²) in [6.45, 7) is 8.10. The van der Waals surface area contributed by atoms with Crippen LogP contribution < -0.4 is 5.32 Å². The quantitative estimate of drug-likeness (QED) is 0.108. The molecule has 12 atom stereocenters. The van der Waals surface area contributed by atoms with Crippen molar-refractivity contribution < 1.29 is 42.7 Å². The van der Waals surface area contributed by atoms with Crippen LogP contribution >= 0.6 is 0 Å². The standard InChI is InChI=1S/C32H58N2O8S/c1-20(7-10-29(39)33-13-6-14-34(4,5)18-23(36)19-43(40,41)42)24-8-9-25-30-26(17-28(38)32(24,25)3)31(2)12-11-22(35)15-21(31)16-27(30)37/h20-28,30,35-38H,6-19H2,1-5H3,(H-,33,39,40,41,42)/p+1/t20-,21+,22-,23?,24-,25+,26+,27-,28+,30+,31+,32-/m1/s1. The van der Waals surface area contributed by atoms with E-state index >= 15 is 0 Å². The number of likely N-dealkylation sites (N-methyl/N-ethyl adjacent to an activating group) is 1. The molecule has 0 bridgehead atoms. The number of amides is 1. The molecule has 0 radical (unpaired) electrons. The lowest BCUT2D eigenvalue weighted by molar-refractivity contribution is -0.893. The summed E-state index contributed by atoms with van der Waals surface area (Å²) in [5.74, 6) is 0.890. The smallest absolute Gasteiger partial charge is 0.267 e. The van der Waals surface area contributed by atoms with E-state index in [2.05, 4.69) is 26.1 Å². The zero-order chi connectivity index (χ0) is 32.0. The minimum absolute atomic E-state index is 0.00585. The minimum atomic E-state index is -4.23. The number of aliphatic hydroxyl groups is 4. The zero-order valence-electron chi connectivity index (χ0n) is 27.0. The SMILES string of the molecule is C[C@H](CCC(=O)NCCC[N+](C)(C)CC(O)CS(=O)(=O)O)[C@H]1CC[C@H]2[C@@H]3[C@H](O)C[C@@H]4C[C@H](O)CC[C@]4(C)[C@H]3C[C@H](O)[C@]12C. The molecule has 0 aliphatic heterocycles. The van der Waals surface area contributed by atoms with E-state index in [4.69, 9.17) is 4.55 Å². The fraction of sp³-hybridized carbons (Fsp3) is 0.969. The lowest BCUT2D eigenvalue weighted by atomic mass is 9.43. The summed E-state index contributed by atoms with van der Waals surface area (Å²) in [4.78, 5) is 12.7. The summed E-state index contributed by atoms with van der Waals surface area (Å²) in [5.41, 5.74) is -0.222. The van der Waals surface area contributed by atoms with E-state index in [0.717, 1.165) is 44.9 Å². The molecule has 10 nitrogen and oxygen atoms in total. The third-order valence-electron chi connectivity index (χ3n) is 12.7. The van der Waals surface area contributed by atoms with Crippen molar-refractivity contribution in [1.82, 2.24) is 5.32 Å². The first-order valence-corrected chi connectivity index (χ1v) is 18.2. The molecular weight excluding hydrogens is 572 g/mol. The summed E-state index contributed by atoms with van der Waals surface area (Å²) < 4.78 is 31.3. The zero-order valence-corrected chi connectivity index (χ0v) is 27.8. The Hall–Kier alpha value is -0.820. The Morgan fingerprint density at radius 1 is 1.05 bits per heavy atom. The summed E-state index contributed by atoms with van der Waals surface area (Å²) in [6.07, 6.45) is 5.56. The number of hydrogen-bond acceptors (Lipinski definition) is 7. The van der Waals surface area contributed by atoms with Gasteiger partial charge in [0.2, 0.25) is 5.91 Å². The number of nitrogens with zero attached hydrogens (tertiary/aromatic N) is 1. The molecule has 1 amide bonds. The molecule has 4 aliphatic rings. The maximum atomic E-state index is 12.7. The minimum Gasteiger partial charge on any atom is -0.393 e. The first kappa shape index (κ1) is 35.0. The highest BCUT2D eigenvalue weighted by Gasteiger charge is 2.65. The largest absolute Gasteiger partial charge is 0.393 e. The van der Waals surface area contributed by atoms with Crippen LogP contribution in [0.2, 0.25) is 0 Å². The number of carbonyl (C=O) groups is 1. The molecule has 4 saturated carbocycles. The van der Waals surface area contributed by atoms with Crippen LogP contribution in [0.15, 0.2) is 0 Å². The Labute approximate surface area is 259 Å². The van der Waals surface area contributed by atoms with Gasteiger partial charge in [-0.05, 0) is 97.7 Å². The van der Waals surface area contributed by atoms with Gasteiger partial charge in [-0.3, -0.25) is 9.35 Å². The first-order chi connectivity index (χ1) is 19.9. The average Bonchev–Trinajstić information content (AvgIpc) is 3.24. The van der Waals surface area contributed by atoms with E-state index < -0.39 is 28.1 Å². The monoisotopic (exact) mass is 631 g/mol. The second-order valence-electron chi connectivity index (χ2n) is 16.0. The highest BCUT2D eigenvalue weighted by atomic mass is 32.2. The molecule has 0 spiro atoms. The molecule has 11 heteroatoms. The van der Waals surface area contributed by atoms with Gasteiger partial charge in [-0.1, -0.05) is 20.8 Å². The molecule has 6 N–H and O–H groups in total. The molecule has 4 rings (SSSR count). The highest BCUT2D eigenvalue weighted by molar-refractivity contribution is 7.85. The van der Waals surface area contributed by atoms with Crippen LogP contribution in [-0.4, -0.2) is 108 Å².